The van der Waals surface area contributed by atoms with E-state index >= 15 is 0 Å². The Morgan fingerprint density at radius 1 is 1.47 bits per heavy atom. The van der Waals surface area contributed by atoms with Gasteiger partial charge in [-0.05, 0) is 45.0 Å². The van der Waals surface area contributed by atoms with Crippen LogP contribution in [-0.2, 0) is 6.54 Å². The maximum atomic E-state index is 5.28. The zero-order valence-electron chi connectivity index (χ0n) is 9.41. The Bertz CT molecular complexity index is 265. The molecule has 1 aliphatic heterocycles. The van der Waals surface area contributed by atoms with Crippen LogP contribution >= 0.6 is 0 Å². The van der Waals surface area contributed by atoms with E-state index in [9.17, 15) is 0 Å². The lowest BCUT2D eigenvalue weighted by Crippen LogP contribution is -2.37. The average Bonchev–Trinajstić information content (AvgIpc) is 2.86. The van der Waals surface area contributed by atoms with Gasteiger partial charge in [0.15, 0.2) is 0 Å². The van der Waals surface area contributed by atoms with Crippen molar-refractivity contribution in [2.75, 3.05) is 19.6 Å². The third-order valence-electron chi connectivity index (χ3n) is 2.94. The van der Waals surface area contributed by atoms with Gasteiger partial charge in [0.2, 0.25) is 0 Å². The van der Waals surface area contributed by atoms with E-state index < -0.39 is 0 Å². The second-order valence-electron chi connectivity index (χ2n) is 4.37. The summed E-state index contributed by atoms with van der Waals surface area (Å²) >= 11 is 0. The van der Waals surface area contributed by atoms with Gasteiger partial charge in [-0.15, -0.1) is 0 Å². The molecule has 1 fully saturated rings. The molecule has 0 bridgehead atoms. The lowest BCUT2D eigenvalue weighted by atomic mass is 10.3. The molecule has 1 unspecified atom stereocenters. The van der Waals surface area contributed by atoms with Gasteiger partial charge in [0.1, 0.15) is 5.76 Å². The molecule has 3 nitrogen and oxygen atoms in total. The van der Waals surface area contributed by atoms with Gasteiger partial charge in [-0.3, -0.25) is 0 Å². The van der Waals surface area contributed by atoms with E-state index in [4.69, 9.17) is 4.42 Å². The third-order valence-corrected chi connectivity index (χ3v) is 2.94. The average molecular weight is 208 g/mol. The fourth-order valence-corrected chi connectivity index (χ4v) is 2.11. The molecule has 1 aromatic rings. The molecular formula is C12H20N2O. The summed E-state index contributed by atoms with van der Waals surface area (Å²) in [6.45, 7) is 6.77. The van der Waals surface area contributed by atoms with Crippen molar-refractivity contribution in [2.24, 2.45) is 0 Å². The monoisotopic (exact) mass is 208 g/mol. The highest BCUT2D eigenvalue weighted by Crippen LogP contribution is 2.07. The molecule has 1 saturated heterocycles. The van der Waals surface area contributed by atoms with Crippen molar-refractivity contribution >= 4 is 0 Å². The van der Waals surface area contributed by atoms with Crippen molar-refractivity contribution in [3.8, 4) is 0 Å². The van der Waals surface area contributed by atoms with Crippen LogP contribution in [0.2, 0.25) is 0 Å². The summed E-state index contributed by atoms with van der Waals surface area (Å²) in [4.78, 5) is 2.53. The van der Waals surface area contributed by atoms with Gasteiger partial charge in [-0.2, -0.15) is 0 Å². The minimum atomic E-state index is 0.535. The highest BCUT2D eigenvalue weighted by atomic mass is 16.3. The van der Waals surface area contributed by atoms with Gasteiger partial charge in [-0.25, -0.2) is 0 Å². The molecule has 0 radical (unpaired) electrons. The van der Waals surface area contributed by atoms with Crippen LogP contribution in [0.5, 0.6) is 0 Å². The van der Waals surface area contributed by atoms with Crippen molar-refractivity contribution in [1.29, 1.82) is 0 Å². The molecule has 0 aliphatic carbocycles. The van der Waals surface area contributed by atoms with Crippen molar-refractivity contribution in [3.63, 3.8) is 0 Å². The van der Waals surface area contributed by atoms with E-state index in [1.807, 2.05) is 12.1 Å². The minimum absolute atomic E-state index is 0.535. The van der Waals surface area contributed by atoms with Crippen LogP contribution < -0.4 is 5.32 Å². The Morgan fingerprint density at radius 3 is 2.93 bits per heavy atom. The fraction of sp³-hybridized carbons (Fsp3) is 0.667. The lowest BCUT2D eigenvalue weighted by molar-refractivity contribution is 0.294. The van der Waals surface area contributed by atoms with Crippen LogP contribution in [0.15, 0.2) is 22.8 Å². The molecule has 3 heteroatoms. The standard InChI is InChI=1S/C12H20N2O/c1-11(10-14-6-2-3-7-14)13-9-12-5-4-8-15-12/h4-5,8,11,13H,2-3,6-7,9-10H2,1H3. The van der Waals surface area contributed by atoms with E-state index in [1.54, 1.807) is 6.26 Å². The Kier molecular flexibility index (Phi) is 3.80. The van der Waals surface area contributed by atoms with Crippen molar-refractivity contribution < 1.29 is 4.42 Å². The van der Waals surface area contributed by atoms with Crippen molar-refractivity contribution in [1.82, 2.24) is 10.2 Å². The summed E-state index contributed by atoms with van der Waals surface area (Å²) in [5.74, 6) is 1.02. The Balaban J connectivity index is 1.66. The summed E-state index contributed by atoms with van der Waals surface area (Å²) in [6.07, 6.45) is 4.46. The molecule has 84 valence electrons. The van der Waals surface area contributed by atoms with Crippen LogP contribution in [0, 0.1) is 0 Å². The molecule has 1 N–H and O–H groups in total. The molecule has 2 heterocycles. The maximum absolute atomic E-state index is 5.28. The van der Waals surface area contributed by atoms with Crippen molar-refractivity contribution in [2.45, 2.75) is 32.4 Å². The SMILES string of the molecule is CC(CN1CCCC1)NCc1ccco1. The van der Waals surface area contributed by atoms with Gasteiger partial charge < -0.3 is 14.6 Å². The van der Waals surface area contributed by atoms with Gasteiger partial charge in [0.05, 0.1) is 12.8 Å². The molecule has 0 aromatic carbocycles. The van der Waals surface area contributed by atoms with Crippen molar-refractivity contribution in [3.05, 3.63) is 24.2 Å². The Hall–Kier alpha value is -0.800. The zero-order valence-corrected chi connectivity index (χ0v) is 9.41. The number of hydrogen-bond acceptors (Lipinski definition) is 3. The third kappa shape index (κ3) is 3.36. The molecular weight excluding hydrogens is 188 g/mol. The molecule has 2 rings (SSSR count). The van der Waals surface area contributed by atoms with Crippen LogP contribution in [0.3, 0.4) is 0 Å². The van der Waals surface area contributed by atoms with Crippen LogP contribution in [-0.4, -0.2) is 30.6 Å². The number of rotatable bonds is 5. The number of nitrogens with zero attached hydrogens (tertiary/aromatic N) is 1. The largest absolute Gasteiger partial charge is 0.468 e. The topological polar surface area (TPSA) is 28.4 Å². The number of nitrogens with one attached hydrogen (secondary N) is 1. The fourth-order valence-electron chi connectivity index (χ4n) is 2.11. The molecule has 1 aromatic heterocycles. The van der Waals surface area contributed by atoms with E-state index in [0.29, 0.717) is 6.04 Å². The number of hydrogen-bond donors (Lipinski definition) is 1. The highest BCUT2D eigenvalue weighted by molar-refractivity contribution is 4.97. The lowest BCUT2D eigenvalue weighted by Gasteiger charge is -2.20. The van der Waals surface area contributed by atoms with E-state index in [-0.39, 0.29) is 0 Å². The van der Waals surface area contributed by atoms with Gasteiger partial charge in [0, 0.05) is 12.6 Å². The van der Waals surface area contributed by atoms with Gasteiger partial charge >= 0.3 is 0 Å². The first-order valence-electron chi connectivity index (χ1n) is 5.83. The van der Waals surface area contributed by atoms with Crippen LogP contribution in [0.4, 0.5) is 0 Å². The number of furan rings is 1. The summed E-state index contributed by atoms with van der Waals surface area (Å²) in [6, 6.07) is 4.48. The summed E-state index contributed by atoms with van der Waals surface area (Å²) in [5.41, 5.74) is 0. The molecule has 1 atom stereocenters. The summed E-state index contributed by atoms with van der Waals surface area (Å²) in [5, 5.41) is 3.48. The van der Waals surface area contributed by atoms with E-state index in [1.165, 1.54) is 25.9 Å². The van der Waals surface area contributed by atoms with Crippen LogP contribution in [0.25, 0.3) is 0 Å². The first kappa shape index (κ1) is 10.7. The molecule has 1 aliphatic rings. The maximum Gasteiger partial charge on any atom is 0.117 e. The second-order valence-corrected chi connectivity index (χ2v) is 4.37. The zero-order chi connectivity index (χ0) is 10.5. The number of likely N-dealkylation sites (tertiary alicyclic amines) is 1. The van der Waals surface area contributed by atoms with Gasteiger partial charge in [0.25, 0.3) is 0 Å². The van der Waals surface area contributed by atoms with E-state index in [0.717, 1.165) is 18.8 Å². The predicted octanol–water partition coefficient (Wildman–Crippen LogP) is 1.85. The smallest absolute Gasteiger partial charge is 0.117 e. The first-order valence-corrected chi connectivity index (χ1v) is 5.83. The minimum Gasteiger partial charge on any atom is -0.468 e. The normalized spacial score (nSPS) is 19.5. The molecule has 0 spiro atoms. The summed E-state index contributed by atoms with van der Waals surface area (Å²) in [7, 11) is 0. The van der Waals surface area contributed by atoms with E-state index in [2.05, 4.69) is 17.1 Å². The second kappa shape index (κ2) is 5.33. The Morgan fingerprint density at radius 2 is 2.27 bits per heavy atom. The van der Waals surface area contributed by atoms with Gasteiger partial charge in [-0.1, -0.05) is 0 Å². The highest BCUT2D eigenvalue weighted by Gasteiger charge is 2.14. The predicted molar refractivity (Wildman–Crippen MR) is 60.7 cm³/mol. The molecule has 0 amide bonds. The van der Waals surface area contributed by atoms with Crippen LogP contribution in [0.1, 0.15) is 25.5 Å². The quantitative estimate of drug-likeness (QED) is 0.800. The first-order chi connectivity index (χ1) is 7.34. The molecule has 15 heavy (non-hydrogen) atoms. The summed E-state index contributed by atoms with van der Waals surface area (Å²) < 4.78 is 5.28. The Labute approximate surface area is 91.4 Å². The molecule has 0 saturated carbocycles.